The van der Waals surface area contributed by atoms with Gasteiger partial charge in [-0.3, -0.25) is 0 Å². The van der Waals surface area contributed by atoms with E-state index in [2.05, 4.69) is 157 Å². The quantitative estimate of drug-likeness (QED) is 0.244. The number of fused-ring (bicyclic) bond motifs is 1. The monoisotopic (exact) mass is 475 g/mol. The number of nitrogens with zero attached hydrogens (tertiary/aromatic N) is 1. The lowest BCUT2D eigenvalue weighted by atomic mass is 9.96. The summed E-state index contributed by atoms with van der Waals surface area (Å²) in [7, 11) is 0. The van der Waals surface area contributed by atoms with E-state index in [-0.39, 0.29) is 0 Å². The maximum absolute atomic E-state index is 2.39. The van der Waals surface area contributed by atoms with Gasteiger partial charge in [0.05, 0.1) is 5.69 Å². The summed E-state index contributed by atoms with van der Waals surface area (Å²) < 4.78 is 0. The Morgan fingerprint density at radius 3 is 1.89 bits per heavy atom. The highest BCUT2D eigenvalue weighted by atomic mass is 15.1. The summed E-state index contributed by atoms with van der Waals surface area (Å²) in [5, 5.41) is 2.48. The first kappa shape index (κ1) is 22.8. The van der Waals surface area contributed by atoms with E-state index in [0.29, 0.717) is 0 Å². The Kier molecular flexibility index (Phi) is 6.27. The highest BCUT2D eigenvalue weighted by Gasteiger charge is 2.18. The van der Waals surface area contributed by atoms with Crippen LogP contribution in [-0.2, 0) is 0 Å². The van der Waals surface area contributed by atoms with Gasteiger partial charge in [0.25, 0.3) is 0 Å². The number of hydrogen-bond acceptors (Lipinski definition) is 1. The Morgan fingerprint density at radius 2 is 1.16 bits per heavy atom. The molecule has 0 N–H and O–H groups in total. The summed E-state index contributed by atoms with van der Waals surface area (Å²) in [5.41, 5.74) is 9.75. The number of benzene rings is 5. The van der Waals surface area contributed by atoms with Crippen molar-refractivity contribution in [3.8, 4) is 22.3 Å². The van der Waals surface area contributed by atoms with Crippen molar-refractivity contribution in [3.05, 3.63) is 157 Å². The number of allylic oxidation sites excluding steroid dienone is 5. The summed E-state index contributed by atoms with van der Waals surface area (Å²) in [6.07, 6.45) is 9.95. The predicted octanol–water partition coefficient (Wildman–Crippen LogP) is 10.1. The highest BCUT2D eigenvalue weighted by molar-refractivity contribution is 6.05. The predicted molar refractivity (Wildman–Crippen MR) is 159 cm³/mol. The van der Waals surface area contributed by atoms with Gasteiger partial charge in [-0.2, -0.15) is 0 Å². The molecule has 0 saturated carbocycles. The van der Waals surface area contributed by atoms with E-state index in [1.165, 1.54) is 44.3 Å². The average Bonchev–Trinajstić information content (AvgIpc) is 3.19. The van der Waals surface area contributed by atoms with Crippen molar-refractivity contribution >= 4 is 22.1 Å². The maximum Gasteiger partial charge on any atom is 0.0540 e. The second-order valence-electron chi connectivity index (χ2n) is 9.50. The molecule has 0 spiro atoms. The second-order valence-corrected chi connectivity index (χ2v) is 9.50. The Bertz CT molecular complexity index is 1620. The van der Waals surface area contributed by atoms with Gasteiger partial charge in [0, 0.05) is 16.8 Å². The largest absolute Gasteiger partial charge is 0.310 e. The van der Waals surface area contributed by atoms with Gasteiger partial charge in [-0.05, 0) is 71.3 Å². The summed E-state index contributed by atoms with van der Waals surface area (Å²) in [6, 6.07) is 43.4. The second kappa shape index (κ2) is 10.2. The van der Waals surface area contributed by atoms with Crippen molar-refractivity contribution in [2.45, 2.75) is 13.3 Å². The van der Waals surface area contributed by atoms with Gasteiger partial charge in [0.2, 0.25) is 0 Å². The number of anilines is 2. The van der Waals surface area contributed by atoms with E-state index in [0.717, 1.165) is 17.8 Å². The molecule has 0 amide bonds. The molecular weight excluding hydrogens is 446 g/mol. The lowest BCUT2D eigenvalue weighted by molar-refractivity contribution is 1.21. The Morgan fingerprint density at radius 1 is 0.541 bits per heavy atom. The minimum atomic E-state index is 0.967. The topological polar surface area (TPSA) is 3.24 Å². The van der Waals surface area contributed by atoms with Crippen LogP contribution in [-0.4, -0.2) is 0 Å². The van der Waals surface area contributed by atoms with E-state index in [1.54, 1.807) is 0 Å². The molecule has 0 bridgehead atoms. The van der Waals surface area contributed by atoms with Crippen LogP contribution in [0.3, 0.4) is 0 Å². The molecular formula is C36H29N. The summed E-state index contributed by atoms with van der Waals surface area (Å²) in [6.45, 7) is 2.19. The molecule has 1 aliphatic carbocycles. The Labute approximate surface area is 219 Å². The molecule has 178 valence electrons. The molecule has 6 rings (SSSR count). The van der Waals surface area contributed by atoms with Gasteiger partial charge in [-0.15, -0.1) is 0 Å². The van der Waals surface area contributed by atoms with Crippen LogP contribution >= 0.6 is 0 Å². The molecule has 1 heteroatoms. The fraction of sp³-hybridized carbons (Fsp3) is 0.0556. The lowest BCUT2D eigenvalue weighted by Crippen LogP contribution is -2.15. The molecule has 0 fully saturated rings. The third-order valence-corrected chi connectivity index (χ3v) is 6.98. The first-order valence-corrected chi connectivity index (χ1v) is 12.8. The molecule has 0 heterocycles. The van der Waals surface area contributed by atoms with Crippen molar-refractivity contribution in [3.63, 3.8) is 0 Å². The zero-order valence-electron chi connectivity index (χ0n) is 21.0. The van der Waals surface area contributed by atoms with Gasteiger partial charge in [-0.1, -0.05) is 121 Å². The molecule has 0 aliphatic heterocycles. The normalized spacial score (nSPS) is 13.1. The van der Waals surface area contributed by atoms with Crippen LogP contribution in [0.4, 0.5) is 11.4 Å². The van der Waals surface area contributed by atoms with E-state index in [9.17, 15) is 0 Å². The van der Waals surface area contributed by atoms with Gasteiger partial charge in [0.15, 0.2) is 0 Å². The molecule has 5 aromatic carbocycles. The Balaban J connectivity index is 1.53. The van der Waals surface area contributed by atoms with E-state index < -0.39 is 0 Å². The lowest BCUT2D eigenvalue weighted by Gasteiger charge is -2.28. The van der Waals surface area contributed by atoms with Gasteiger partial charge >= 0.3 is 0 Å². The third-order valence-electron chi connectivity index (χ3n) is 6.98. The van der Waals surface area contributed by atoms with Gasteiger partial charge in [-0.25, -0.2) is 0 Å². The number of hydrogen-bond donors (Lipinski definition) is 0. The van der Waals surface area contributed by atoms with Crippen molar-refractivity contribution in [1.29, 1.82) is 0 Å². The smallest absolute Gasteiger partial charge is 0.0540 e. The first-order chi connectivity index (χ1) is 18.3. The van der Waals surface area contributed by atoms with Crippen LogP contribution in [0.25, 0.3) is 33.0 Å². The van der Waals surface area contributed by atoms with E-state index >= 15 is 0 Å². The standard InChI is InChI=1S/C36H29N/c1-27-11-10-16-31(22-19-27)37(32-23-20-29(21-24-32)28-12-4-2-5-13-28)36-26-25-33(30-14-6-3-7-15-30)34-17-8-9-18-35(34)36/h2-10,12-26H,11H2,1H3. The molecule has 1 nitrogen and oxygen atoms in total. The first-order valence-electron chi connectivity index (χ1n) is 12.8. The fourth-order valence-corrected chi connectivity index (χ4v) is 5.07. The minimum Gasteiger partial charge on any atom is -0.310 e. The fourth-order valence-electron chi connectivity index (χ4n) is 5.07. The van der Waals surface area contributed by atoms with Crippen LogP contribution in [0.2, 0.25) is 0 Å². The van der Waals surface area contributed by atoms with Crippen molar-refractivity contribution in [1.82, 2.24) is 0 Å². The summed E-state index contributed by atoms with van der Waals surface area (Å²) in [5.74, 6) is 0. The van der Waals surface area contributed by atoms with Crippen LogP contribution < -0.4 is 4.90 Å². The van der Waals surface area contributed by atoms with Crippen LogP contribution in [0.5, 0.6) is 0 Å². The van der Waals surface area contributed by atoms with Crippen molar-refractivity contribution < 1.29 is 0 Å². The summed E-state index contributed by atoms with van der Waals surface area (Å²) >= 11 is 0. The molecule has 0 radical (unpaired) electrons. The molecule has 1 aliphatic rings. The van der Waals surface area contributed by atoms with Crippen molar-refractivity contribution in [2.75, 3.05) is 4.90 Å². The van der Waals surface area contributed by atoms with Crippen LogP contribution in [0.1, 0.15) is 13.3 Å². The Hall–Kier alpha value is -4.62. The molecule has 0 aromatic heterocycles. The minimum absolute atomic E-state index is 0.967. The van der Waals surface area contributed by atoms with E-state index in [1.807, 2.05) is 0 Å². The third kappa shape index (κ3) is 4.64. The zero-order chi connectivity index (χ0) is 25.0. The maximum atomic E-state index is 2.39. The molecule has 37 heavy (non-hydrogen) atoms. The van der Waals surface area contributed by atoms with E-state index in [4.69, 9.17) is 0 Å². The zero-order valence-corrected chi connectivity index (χ0v) is 21.0. The van der Waals surface area contributed by atoms with Crippen LogP contribution in [0, 0.1) is 0 Å². The van der Waals surface area contributed by atoms with Gasteiger partial charge < -0.3 is 4.90 Å². The molecule has 0 saturated heterocycles. The SMILES string of the molecule is CC1=CC=C(N(c2ccc(-c3ccccc3)cc2)c2ccc(-c3ccccc3)c3ccccc23)C=CC1. The van der Waals surface area contributed by atoms with Gasteiger partial charge in [0.1, 0.15) is 0 Å². The van der Waals surface area contributed by atoms with Crippen molar-refractivity contribution in [2.24, 2.45) is 0 Å². The van der Waals surface area contributed by atoms with Crippen LogP contribution in [0.15, 0.2) is 157 Å². The summed E-state index contributed by atoms with van der Waals surface area (Å²) in [4.78, 5) is 2.39. The molecule has 0 atom stereocenters. The molecule has 5 aromatic rings. The number of rotatable bonds is 5. The highest BCUT2D eigenvalue weighted by Crippen LogP contribution is 2.40. The molecule has 0 unspecified atom stereocenters. The average molecular weight is 476 g/mol.